The van der Waals surface area contributed by atoms with Gasteiger partial charge in [-0.2, -0.15) is 0 Å². The number of anilines is 1. The van der Waals surface area contributed by atoms with Crippen molar-refractivity contribution >= 4 is 53.1 Å². The molecule has 0 bridgehead atoms. The second-order valence-corrected chi connectivity index (χ2v) is 6.93. The molecule has 2 fully saturated rings. The number of benzene rings is 1. The predicted octanol–water partition coefficient (Wildman–Crippen LogP) is 2.72. The van der Waals surface area contributed by atoms with Crippen LogP contribution in [0.5, 0.6) is 0 Å². The SMILES string of the molecule is Cl.NC1CCN(C(=O)C2CCN(c3cc(Cl)ccc3Cl)C2=O)CC1. The molecule has 1 aromatic carbocycles. The normalized spacial score (nSPS) is 21.8. The molecule has 8 heteroatoms. The Hall–Kier alpha value is -1.01. The van der Waals surface area contributed by atoms with E-state index >= 15 is 0 Å². The fraction of sp³-hybridized carbons (Fsp3) is 0.500. The zero-order valence-electron chi connectivity index (χ0n) is 13.1. The van der Waals surface area contributed by atoms with Gasteiger partial charge < -0.3 is 15.5 Å². The largest absolute Gasteiger partial charge is 0.342 e. The summed E-state index contributed by atoms with van der Waals surface area (Å²) in [6.07, 6.45) is 2.08. The Morgan fingerprint density at radius 3 is 2.46 bits per heavy atom. The minimum atomic E-state index is -0.626. The third-order valence-corrected chi connectivity index (χ3v) is 5.11. The van der Waals surface area contributed by atoms with Crippen molar-refractivity contribution in [2.75, 3.05) is 24.5 Å². The molecule has 0 aromatic heterocycles. The number of rotatable bonds is 2. The summed E-state index contributed by atoms with van der Waals surface area (Å²) in [5, 5.41) is 0.969. The Morgan fingerprint density at radius 1 is 1.12 bits per heavy atom. The summed E-state index contributed by atoms with van der Waals surface area (Å²) in [4.78, 5) is 28.6. The molecule has 0 spiro atoms. The maximum Gasteiger partial charge on any atom is 0.239 e. The highest BCUT2D eigenvalue weighted by Crippen LogP contribution is 2.34. The standard InChI is InChI=1S/C16H19Cl2N3O2.ClH/c17-10-1-2-13(18)14(9-10)21-8-5-12(16(21)23)15(22)20-6-3-11(19)4-7-20;/h1-2,9,11-12H,3-8,19H2;1H. The third kappa shape index (κ3) is 3.80. The maximum absolute atomic E-state index is 12.7. The van der Waals surface area contributed by atoms with Crippen LogP contribution in [0, 0.1) is 5.92 Å². The Bertz CT molecular complexity index is 633. The van der Waals surface area contributed by atoms with Crippen molar-refractivity contribution in [1.29, 1.82) is 0 Å². The number of hydrogen-bond donors (Lipinski definition) is 1. The van der Waals surface area contributed by atoms with E-state index in [1.54, 1.807) is 28.0 Å². The first kappa shape index (κ1) is 19.3. The Kier molecular flexibility index (Phi) is 6.37. The molecule has 3 rings (SSSR count). The number of carbonyl (C=O) groups excluding carboxylic acids is 2. The van der Waals surface area contributed by atoms with Gasteiger partial charge in [-0.05, 0) is 37.5 Å². The van der Waals surface area contributed by atoms with Gasteiger partial charge in [0.15, 0.2) is 0 Å². The topological polar surface area (TPSA) is 66.6 Å². The van der Waals surface area contributed by atoms with E-state index in [0.29, 0.717) is 41.8 Å². The van der Waals surface area contributed by atoms with Crippen LogP contribution in [0.15, 0.2) is 18.2 Å². The van der Waals surface area contributed by atoms with Crippen LogP contribution in [-0.2, 0) is 9.59 Å². The third-order valence-electron chi connectivity index (χ3n) is 4.55. The van der Waals surface area contributed by atoms with Crippen molar-refractivity contribution in [2.45, 2.75) is 25.3 Å². The summed E-state index contributed by atoms with van der Waals surface area (Å²) in [7, 11) is 0. The van der Waals surface area contributed by atoms with Crippen molar-refractivity contribution in [1.82, 2.24) is 4.90 Å². The van der Waals surface area contributed by atoms with Gasteiger partial charge in [-0.1, -0.05) is 23.2 Å². The molecule has 0 radical (unpaired) electrons. The Balaban J connectivity index is 0.00000208. The molecule has 24 heavy (non-hydrogen) atoms. The predicted molar refractivity (Wildman–Crippen MR) is 98.0 cm³/mol. The van der Waals surface area contributed by atoms with Crippen molar-refractivity contribution in [3.8, 4) is 0 Å². The van der Waals surface area contributed by atoms with E-state index in [1.807, 2.05) is 0 Å². The van der Waals surface area contributed by atoms with Crippen LogP contribution >= 0.6 is 35.6 Å². The van der Waals surface area contributed by atoms with E-state index in [0.717, 1.165) is 12.8 Å². The van der Waals surface area contributed by atoms with Gasteiger partial charge in [0, 0.05) is 30.7 Å². The van der Waals surface area contributed by atoms with E-state index in [4.69, 9.17) is 28.9 Å². The lowest BCUT2D eigenvalue weighted by Gasteiger charge is -2.31. The number of nitrogens with two attached hydrogens (primary N) is 1. The molecule has 0 aliphatic carbocycles. The van der Waals surface area contributed by atoms with Crippen LogP contribution < -0.4 is 10.6 Å². The van der Waals surface area contributed by atoms with Crippen LogP contribution in [0.3, 0.4) is 0 Å². The van der Waals surface area contributed by atoms with E-state index in [-0.39, 0.29) is 30.3 Å². The van der Waals surface area contributed by atoms with Crippen molar-refractivity contribution < 1.29 is 9.59 Å². The van der Waals surface area contributed by atoms with Gasteiger partial charge in [0.1, 0.15) is 5.92 Å². The highest BCUT2D eigenvalue weighted by atomic mass is 35.5. The summed E-state index contributed by atoms with van der Waals surface area (Å²) < 4.78 is 0. The number of nitrogens with zero attached hydrogens (tertiary/aromatic N) is 2. The summed E-state index contributed by atoms with van der Waals surface area (Å²) >= 11 is 12.2. The van der Waals surface area contributed by atoms with Crippen LogP contribution in [0.2, 0.25) is 10.0 Å². The van der Waals surface area contributed by atoms with Crippen LogP contribution in [0.4, 0.5) is 5.69 Å². The molecule has 1 aromatic rings. The zero-order chi connectivity index (χ0) is 16.6. The Labute approximate surface area is 157 Å². The number of hydrogen-bond acceptors (Lipinski definition) is 3. The van der Waals surface area contributed by atoms with Gasteiger partial charge >= 0.3 is 0 Å². The molecule has 1 atom stereocenters. The molecule has 2 saturated heterocycles. The number of amides is 2. The molecule has 2 aliphatic heterocycles. The number of piperidine rings is 1. The first-order valence-electron chi connectivity index (χ1n) is 7.78. The maximum atomic E-state index is 12.7. The number of likely N-dealkylation sites (tertiary alicyclic amines) is 1. The second kappa shape index (κ2) is 7.91. The van der Waals surface area contributed by atoms with Gasteiger partial charge in [-0.15, -0.1) is 12.4 Å². The van der Waals surface area contributed by atoms with Gasteiger partial charge in [-0.25, -0.2) is 0 Å². The molecule has 0 saturated carbocycles. The summed E-state index contributed by atoms with van der Waals surface area (Å²) in [5.41, 5.74) is 6.44. The molecule has 1 unspecified atom stereocenters. The van der Waals surface area contributed by atoms with Crippen LogP contribution in [0.25, 0.3) is 0 Å². The van der Waals surface area contributed by atoms with Gasteiger partial charge in [0.05, 0.1) is 10.7 Å². The van der Waals surface area contributed by atoms with Crippen molar-refractivity contribution in [3.05, 3.63) is 28.2 Å². The van der Waals surface area contributed by atoms with E-state index in [9.17, 15) is 9.59 Å². The monoisotopic (exact) mass is 391 g/mol. The number of halogens is 3. The van der Waals surface area contributed by atoms with Crippen LogP contribution in [-0.4, -0.2) is 42.4 Å². The lowest BCUT2D eigenvalue weighted by Crippen LogP contribution is -2.46. The molecule has 2 amide bonds. The van der Waals surface area contributed by atoms with Gasteiger partial charge in [-0.3, -0.25) is 9.59 Å². The highest BCUT2D eigenvalue weighted by molar-refractivity contribution is 6.36. The fourth-order valence-corrected chi connectivity index (χ4v) is 3.57. The lowest BCUT2D eigenvalue weighted by molar-refractivity contribution is -0.140. The molecule has 132 valence electrons. The Morgan fingerprint density at radius 2 is 1.79 bits per heavy atom. The minimum Gasteiger partial charge on any atom is -0.342 e. The summed E-state index contributed by atoms with van der Waals surface area (Å²) in [6, 6.07) is 5.15. The average molecular weight is 393 g/mol. The molecule has 5 nitrogen and oxygen atoms in total. The first-order chi connectivity index (χ1) is 11.0. The molecule has 2 aliphatic rings. The molecule has 2 heterocycles. The first-order valence-corrected chi connectivity index (χ1v) is 8.54. The second-order valence-electron chi connectivity index (χ2n) is 6.09. The van der Waals surface area contributed by atoms with E-state index in [1.165, 1.54) is 0 Å². The smallest absolute Gasteiger partial charge is 0.239 e. The zero-order valence-corrected chi connectivity index (χ0v) is 15.4. The quantitative estimate of drug-likeness (QED) is 0.787. The molecular weight excluding hydrogens is 373 g/mol. The van der Waals surface area contributed by atoms with Crippen molar-refractivity contribution in [3.63, 3.8) is 0 Å². The average Bonchev–Trinajstić information content (AvgIpc) is 2.91. The highest BCUT2D eigenvalue weighted by Gasteiger charge is 2.40. The lowest BCUT2D eigenvalue weighted by atomic mass is 10.0. The van der Waals surface area contributed by atoms with Crippen LogP contribution in [0.1, 0.15) is 19.3 Å². The summed E-state index contributed by atoms with van der Waals surface area (Å²) in [6.45, 7) is 1.73. The molecular formula is C16H20Cl3N3O2. The van der Waals surface area contributed by atoms with Gasteiger partial charge in [0.25, 0.3) is 0 Å². The van der Waals surface area contributed by atoms with E-state index in [2.05, 4.69) is 0 Å². The van der Waals surface area contributed by atoms with E-state index < -0.39 is 5.92 Å². The summed E-state index contributed by atoms with van der Waals surface area (Å²) in [5.74, 6) is -0.920. The van der Waals surface area contributed by atoms with Crippen molar-refractivity contribution in [2.24, 2.45) is 11.7 Å². The fourth-order valence-electron chi connectivity index (χ4n) is 3.18. The minimum absolute atomic E-state index is 0. The molecule has 2 N–H and O–H groups in total. The van der Waals surface area contributed by atoms with Gasteiger partial charge in [0.2, 0.25) is 11.8 Å². The number of carbonyl (C=O) groups is 2.